The number of hydrogen-bond donors (Lipinski definition) is 1. The quantitative estimate of drug-likeness (QED) is 0.785. The molecule has 0 aromatic heterocycles. The van der Waals surface area contributed by atoms with Crippen LogP contribution in [0.3, 0.4) is 0 Å². The van der Waals surface area contributed by atoms with Crippen LogP contribution < -0.4 is 10.1 Å². The number of alkyl carbamates (subject to hydrolysis) is 1. The number of ether oxygens (including phenoxy) is 3. The van der Waals surface area contributed by atoms with E-state index < -0.39 is 29.5 Å². The highest BCUT2D eigenvalue weighted by atomic mass is 35.5. The smallest absolute Gasteiger partial charge is 0.416 e. The Labute approximate surface area is 169 Å². The number of rotatable bonds is 4. The van der Waals surface area contributed by atoms with Crippen LogP contribution in [0.1, 0.15) is 18.4 Å². The molecule has 2 saturated heterocycles. The lowest BCUT2D eigenvalue weighted by Crippen LogP contribution is -2.70. The summed E-state index contributed by atoms with van der Waals surface area (Å²) in [6.45, 7) is 1.16. The van der Waals surface area contributed by atoms with E-state index in [0.717, 1.165) is 12.1 Å². The molecule has 3 aliphatic rings. The number of nitrogens with zero attached hydrogens (tertiary/aromatic N) is 1. The van der Waals surface area contributed by atoms with Crippen LogP contribution in [0.25, 0.3) is 0 Å². The summed E-state index contributed by atoms with van der Waals surface area (Å²) in [5.74, 6) is 0.314. The molecule has 0 unspecified atom stereocenters. The Hall–Kier alpha value is -2.36. The monoisotopic (exact) mass is 434 g/mol. The third-order valence-corrected chi connectivity index (χ3v) is 5.58. The fourth-order valence-corrected chi connectivity index (χ4v) is 3.84. The van der Waals surface area contributed by atoms with Crippen molar-refractivity contribution in [3.8, 4) is 5.75 Å². The van der Waals surface area contributed by atoms with Crippen LogP contribution in [0.15, 0.2) is 18.2 Å². The number of alkyl halides is 3. The maximum atomic E-state index is 12.7. The van der Waals surface area contributed by atoms with Gasteiger partial charge in [0.05, 0.1) is 36.4 Å². The van der Waals surface area contributed by atoms with Crippen LogP contribution in [0.2, 0.25) is 5.02 Å². The van der Waals surface area contributed by atoms with Crippen LogP contribution in [0.5, 0.6) is 5.75 Å². The average molecular weight is 435 g/mol. The molecule has 11 heteroatoms. The van der Waals surface area contributed by atoms with Gasteiger partial charge in [0.1, 0.15) is 17.9 Å². The molecular formula is C18H18ClF3N2O5. The largest absolute Gasteiger partial charge is 0.489 e. The van der Waals surface area contributed by atoms with Crippen molar-refractivity contribution in [3.05, 3.63) is 28.8 Å². The Kier molecular flexibility index (Phi) is 4.92. The summed E-state index contributed by atoms with van der Waals surface area (Å²) in [4.78, 5) is 24.6. The number of carbonyl (C=O) groups is 2. The van der Waals surface area contributed by atoms with Gasteiger partial charge < -0.3 is 24.4 Å². The van der Waals surface area contributed by atoms with E-state index in [1.54, 1.807) is 0 Å². The molecular weight excluding hydrogens is 417 g/mol. The molecule has 29 heavy (non-hydrogen) atoms. The van der Waals surface area contributed by atoms with Crippen LogP contribution >= 0.6 is 11.6 Å². The van der Waals surface area contributed by atoms with Gasteiger partial charge in [-0.25, -0.2) is 9.59 Å². The standard InChI is InChI=1S/C18H18ClF3N2O5/c19-13-5-11(18(20,21)22)1-2-14(13)29-12-3-10(4-12)6-27-16(26)24-7-17(8-24)9-28-15(25)23-17/h1-2,5,10,12H,3-4,6-9H2,(H,23,25)/t10-,12-. The molecule has 7 nitrogen and oxygen atoms in total. The second-order valence-electron chi connectivity index (χ2n) is 7.63. The second kappa shape index (κ2) is 7.16. The van der Waals surface area contributed by atoms with Crippen molar-refractivity contribution in [2.45, 2.75) is 30.7 Å². The van der Waals surface area contributed by atoms with Crippen LogP contribution in [0, 0.1) is 5.92 Å². The number of likely N-dealkylation sites (tertiary alicyclic amines) is 1. The van der Waals surface area contributed by atoms with Crippen LogP contribution in [0.4, 0.5) is 22.8 Å². The molecule has 1 aromatic rings. The average Bonchev–Trinajstić information content (AvgIpc) is 2.97. The fraction of sp³-hybridized carbons (Fsp3) is 0.556. The Bertz CT molecular complexity index is 822. The zero-order valence-corrected chi connectivity index (χ0v) is 15.9. The van der Waals surface area contributed by atoms with Gasteiger partial charge in [0.2, 0.25) is 0 Å². The molecule has 0 radical (unpaired) electrons. The molecule has 2 amide bonds. The van der Waals surface area contributed by atoms with E-state index in [9.17, 15) is 22.8 Å². The first-order chi connectivity index (χ1) is 13.6. The van der Waals surface area contributed by atoms with E-state index in [2.05, 4.69) is 5.32 Å². The van der Waals surface area contributed by atoms with Crippen molar-refractivity contribution < 1.29 is 37.0 Å². The SMILES string of the molecule is O=C1NC2(CO1)CN(C(=O)OC[C@H]1C[C@H](Oc3ccc(C(F)(F)F)cc3Cl)C1)C2. The predicted molar refractivity (Wildman–Crippen MR) is 93.7 cm³/mol. The number of amides is 2. The van der Waals surface area contributed by atoms with Gasteiger partial charge in [-0.3, -0.25) is 0 Å². The zero-order valence-electron chi connectivity index (χ0n) is 15.1. The first-order valence-corrected chi connectivity index (χ1v) is 9.41. The summed E-state index contributed by atoms with van der Waals surface area (Å²) in [6, 6.07) is 2.98. The topological polar surface area (TPSA) is 77.1 Å². The van der Waals surface area contributed by atoms with Gasteiger partial charge in [-0.15, -0.1) is 0 Å². The molecule has 3 fully saturated rings. The Balaban J connectivity index is 1.17. The molecule has 2 aliphatic heterocycles. The summed E-state index contributed by atoms with van der Waals surface area (Å²) >= 11 is 5.88. The van der Waals surface area contributed by atoms with Gasteiger partial charge in [0.15, 0.2) is 0 Å². The van der Waals surface area contributed by atoms with Crippen LogP contribution in [-0.4, -0.2) is 55.0 Å². The molecule has 0 atom stereocenters. The molecule has 1 N–H and O–H groups in total. The Morgan fingerprint density at radius 2 is 2.07 bits per heavy atom. The van der Waals surface area contributed by atoms with Crippen LogP contribution in [-0.2, 0) is 15.7 Å². The van der Waals surface area contributed by atoms with E-state index in [-0.39, 0.29) is 36.0 Å². The van der Waals surface area contributed by atoms with Gasteiger partial charge in [-0.1, -0.05) is 11.6 Å². The maximum Gasteiger partial charge on any atom is 0.416 e. The summed E-state index contributed by atoms with van der Waals surface area (Å²) in [6.07, 6.45) is -4.36. The minimum absolute atomic E-state index is 0.0931. The first kappa shape index (κ1) is 19.9. The number of cyclic esters (lactones) is 1. The highest BCUT2D eigenvalue weighted by Gasteiger charge is 2.51. The lowest BCUT2D eigenvalue weighted by molar-refractivity contribution is -0.137. The van der Waals surface area contributed by atoms with Crippen molar-refractivity contribution in [1.29, 1.82) is 0 Å². The Morgan fingerprint density at radius 3 is 2.66 bits per heavy atom. The van der Waals surface area contributed by atoms with E-state index in [0.29, 0.717) is 25.9 Å². The van der Waals surface area contributed by atoms with Gasteiger partial charge >= 0.3 is 18.4 Å². The van der Waals surface area contributed by atoms with Crippen molar-refractivity contribution in [1.82, 2.24) is 10.2 Å². The number of hydrogen-bond acceptors (Lipinski definition) is 5. The Morgan fingerprint density at radius 1 is 1.34 bits per heavy atom. The molecule has 1 saturated carbocycles. The minimum atomic E-state index is -4.46. The second-order valence-corrected chi connectivity index (χ2v) is 8.04. The maximum absolute atomic E-state index is 12.7. The van der Waals surface area contributed by atoms with Crippen molar-refractivity contribution >= 4 is 23.8 Å². The normalized spacial score (nSPS) is 25.0. The number of benzene rings is 1. The summed E-state index contributed by atoms with van der Waals surface area (Å²) in [5.41, 5.74) is -1.32. The fourth-order valence-electron chi connectivity index (χ4n) is 3.62. The lowest BCUT2D eigenvalue weighted by Gasteiger charge is -2.45. The molecule has 4 rings (SSSR count). The summed E-state index contributed by atoms with van der Waals surface area (Å²) in [7, 11) is 0. The molecule has 0 bridgehead atoms. The summed E-state index contributed by atoms with van der Waals surface area (Å²) < 4.78 is 53.7. The molecule has 1 aromatic carbocycles. The highest BCUT2D eigenvalue weighted by molar-refractivity contribution is 6.32. The van der Waals surface area contributed by atoms with E-state index in [4.69, 9.17) is 25.8 Å². The lowest BCUT2D eigenvalue weighted by atomic mass is 9.83. The van der Waals surface area contributed by atoms with E-state index in [1.807, 2.05) is 0 Å². The van der Waals surface area contributed by atoms with Crippen molar-refractivity contribution in [2.75, 3.05) is 26.3 Å². The predicted octanol–water partition coefficient (Wildman–Crippen LogP) is 3.45. The molecule has 1 spiro atoms. The number of nitrogens with one attached hydrogen (secondary N) is 1. The van der Waals surface area contributed by atoms with Gasteiger partial charge in [-0.05, 0) is 31.0 Å². The highest BCUT2D eigenvalue weighted by Crippen LogP contribution is 2.38. The van der Waals surface area contributed by atoms with E-state index >= 15 is 0 Å². The molecule has 1 aliphatic carbocycles. The van der Waals surface area contributed by atoms with Crippen molar-refractivity contribution in [3.63, 3.8) is 0 Å². The molecule has 158 valence electrons. The number of halogens is 4. The number of carbonyl (C=O) groups excluding carboxylic acids is 2. The summed E-state index contributed by atoms with van der Waals surface area (Å²) in [5, 5.41) is 2.59. The first-order valence-electron chi connectivity index (χ1n) is 9.04. The van der Waals surface area contributed by atoms with Crippen molar-refractivity contribution in [2.24, 2.45) is 5.92 Å². The van der Waals surface area contributed by atoms with E-state index in [1.165, 1.54) is 11.0 Å². The molecule has 2 heterocycles. The minimum Gasteiger partial charge on any atom is -0.489 e. The third-order valence-electron chi connectivity index (χ3n) is 5.28. The third kappa shape index (κ3) is 4.17. The van der Waals surface area contributed by atoms with Gasteiger partial charge in [-0.2, -0.15) is 13.2 Å². The van der Waals surface area contributed by atoms with Gasteiger partial charge in [0.25, 0.3) is 0 Å². The zero-order chi connectivity index (χ0) is 20.8. The van der Waals surface area contributed by atoms with Gasteiger partial charge in [0, 0.05) is 5.92 Å².